The maximum Gasteiger partial charge on any atom is 0.410 e. The van der Waals surface area contributed by atoms with Gasteiger partial charge in [-0.2, -0.15) is 0 Å². The number of carbonyl (C=O) groups excluding carboxylic acids is 2. The molecule has 1 aliphatic heterocycles. The summed E-state index contributed by atoms with van der Waals surface area (Å²) < 4.78 is 10.6. The van der Waals surface area contributed by atoms with Gasteiger partial charge in [0.15, 0.2) is 0 Å². The Balaban J connectivity index is 2.71. The minimum Gasteiger partial charge on any atom is -0.481 e. The van der Waals surface area contributed by atoms with Gasteiger partial charge in [0, 0.05) is 26.1 Å². The molecule has 8 heteroatoms. The van der Waals surface area contributed by atoms with Crippen LogP contribution in [0.5, 0.6) is 0 Å². The minimum atomic E-state index is -0.886. The van der Waals surface area contributed by atoms with E-state index in [0.29, 0.717) is 19.5 Å². The van der Waals surface area contributed by atoms with Crippen molar-refractivity contribution < 1.29 is 29.0 Å². The van der Waals surface area contributed by atoms with Crippen LogP contribution in [0.1, 0.15) is 54.4 Å². The quantitative estimate of drug-likeness (QED) is 0.786. The molecule has 2 amide bonds. The summed E-state index contributed by atoms with van der Waals surface area (Å²) in [5.74, 6) is -1.19. The van der Waals surface area contributed by atoms with Crippen LogP contribution in [-0.4, -0.2) is 59.0 Å². The zero-order chi connectivity index (χ0) is 20.1. The predicted molar refractivity (Wildman–Crippen MR) is 95.9 cm³/mol. The number of alkyl carbamates (subject to hydrolysis) is 1. The van der Waals surface area contributed by atoms with Gasteiger partial charge in [-0.3, -0.25) is 4.79 Å². The third kappa shape index (κ3) is 8.40. The Morgan fingerprint density at radius 3 is 2.12 bits per heavy atom. The molecule has 0 spiro atoms. The molecule has 0 aromatic rings. The van der Waals surface area contributed by atoms with Crippen LogP contribution in [0.2, 0.25) is 0 Å². The van der Waals surface area contributed by atoms with Gasteiger partial charge in [-0.25, -0.2) is 9.59 Å². The maximum atomic E-state index is 12.3. The Labute approximate surface area is 155 Å². The van der Waals surface area contributed by atoms with Crippen LogP contribution < -0.4 is 5.32 Å². The van der Waals surface area contributed by atoms with Crippen molar-refractivity contribution in [2.24, 2.45) is 11.8 Å². The van der Waals surface area contributed by atoms with Crippen LogP contribution in [0, 0.1) is 11.8 Å². The molecule has 2 N–H and O–H groups in total. The lowest BCUT2D eigenvalue weighted by Crippen LogP contribution is -2.49. The number of carboxylic acid groups (broad SMARTS) is 1. The molecule has 1 heterocycles. The summed E-state index contributed by atoms with van der Waals surface area (Å²) in [5, 5.41) is 11.8. The molecular formula is C18H32N2O6. The van der Waals surface area contributed by atoms with Gasteiger partial charge in [-0.1, -0.05) is 0 Å². The zero-order valence-corrected chi connectivity index (χ0v) is 16.6. The fourth-order valence-electron chi connectivity index (χ4n) is 2.83. The second-order valence-electron chi connectivity index (χ2n) is 8.72. The molecule has 1 saturated heterocycles. The molecule has 1 aliphatic rings. The van der Waals surface area contributed by atoms with E-state index in [2.05, 4.69) is 5.32 Å². The van der Waals surface area contributed by atoms with Crippen molar-refractivity contribution in [2.75, 3.05) is 19.6 Å². The molecule has 0 radical (unpaired) electrons. The van der Waals surface area contributed by atoms with Crippen molar-refractivity contribution in [2.45, 2.75) is 65.6 Å². The molecule has 0 aromatic carbocycles. The number of nitrogens with zero attached hydrogens (tertiary/aromatic N) is 1. The average molecular weight is 372 g/mol. The third-order valence-electron chi connectivity index (χ3n) is 3.89. The van der Waals surface area contributed by atoms with Crippen LogP contribution in [0.25, 0.3) is 0 Å². The molecule has 0 aromatic heterocycles. The number of hydrogen-bond donors (Lipinski definition) is 2. The second-order valence-corrected chi connectivity index (χ2v) is 8.72. The van der Waals surface area contributed by atoms with Crippen molar-refractivity contribution in [3.05, 3.63) is 0 Å². The fourth-order valence-corrected chi connectivity index (χ4v) is 2.83. The van der Waals surface area contributed by atoms with Gasteiger partial charge in [0.2, 0.25) is 0 Å². The molecule has 8 nitrogen and oxygen atoms in total. The van der Waals surface area contributed by atoms with Crippen molar-refractivity contribution in [1.82, 2.24) is 10.2 Å². The van der Waals surface area contributed by atoms with E-state index in [1.807, 2.05) is 0 Å². The number of hydrogen-bond acceptors (Lipinski definition) is 5. The van der Waals surface area contributed by atoms with Crippen molar-refractivity contribution in [3.8, 4) is 0 Å². The molecule has 1 rings (SSSR count). The van der Waals surface area contributed by atoms with Crippen molar-refractivity contribution >= 4 is 18.2 Å². The van der Waals surface area contributed by atoms with E-state index in [0.717, 1.165) is 0 Å². The molecule has 0 unspecified atom stereocenters. The van der Waals surface area contributed by atoms with Crippen LogP contribution in [0.3, 0.4) is 0 Å². The highest BCUT2D eigenvalue weighted by Crippen LogP contribution is 2.27. The number of aliphatic carboxylic acids is 1. The summed E-state index contributed by atoms with van der Waals surface area (Å²) in [4.78, 5) is 36.9. The summed E-state index contributed by atoms with van der Waals surface area (Å²) in [6, 6.07) is 0. The van der Waals surface area contributed by atoms with Gasteiger partial charge in [0.1, 0.15) is 11.2 Å². The van der Waals surface area contributed by atoms with Crippen LogP contribution in [0.4, 0.5) is 9.59 Å². The van der Waals surface area contributed by atoms with E-state index >= 15 is 0 Å². The van der Waals surface area contributed by atoms with Gasteiger partial charge in [0.25, 0.3) is 0 Å². The standard InChI is InChI=1S/C18H32N2O6/c1-17(2,3)25-15(23)19-10-13-11-20(16(24)26-18(4,5)6)8-7-12(13)9-14(21)22/h12-13H,7-11H2,1-6H3,(H,19,23)(H,21,22)/t12-,13+/m0/s1. The average Bonchev–Trinajstić information content (AvgIpc) is 2.41. The Hall–Kier alpha value is -1.99. The molecule has 2 atom stereocenters. The lowest BCUT2D eigenvalue weighted by Gasteiger charge is -2.38. The minimum absolute atomic E-state index is 0.00280. The molecule has 0 bridgehead atoms. The molecule has 0 saturated carbocycles. The first-order valence-electron chi connectivity index (χ1n) is 8.93. The molecule has 1 fully saturated rings. The monoisotopic (exact) mass is 372 g/mol. The lowest BCUT2D eigenvalue weighted by atomic mass is 9.83. The van der Waals surface area contributed by atoms with Gasteiger partial charge in [-0.15, -0.1) is 0 Å². The number of piperidine rings is 1. The van der Waals surface area contributed by atoms with Gasteiger partial charge < -0.3 is 24.8 Å². The van der Waals surface area contributed by atoms with Gasteiger partial charge in [0.05, 0.1) is 0 Å². The van der Waals surface area contributed by atoms with Gasteiger partial charge in [-0.05, 0) is 59.8 Å². The fraction of sp³-hybridized carbons (Fsp3) is 0.833. The first kappa shape index (κ1) is 22.1. The highest BCUT2D eigenvalue weighted by Gasteiger charge is 2.35. The topological polar surface area (TPSA) is 105 Å². The van der Waals surface area contributed by atoms with Crippen LogP contribution in [-0.2, 0) is 14.3 Å². The van der Waals surface area contributed by atoms with E-state index in [9.17, 15) is 14.4 Å². The second kappa shape index (κ2) is 8.60. The highest BCUT2D eigenvalue weighted by molar-refractivity contribution is 5.69. The number of likely N-dealkylation sites (tertiary alicyclic amines) is 1. The lowest BCUT2D eigenvalue weighted by molar-refractivity contribution is -0.139. The number of rotatable bonds is 4. The Bertz CT molecular complexity index is 521. The first-order valence-corrected chi connectivity index (χ1v) is 8.93. The normalized spacial score (nSPS) is 21.1. The number of carbonyl (C=O) groups is 3. The molecular weight excluding hydrogens is 340 g/mol. The highest BCUT2D eigenvalue weighted by atomic mass is 16.6. The Kier molecular flexibility index (Phi) is 7.29. The van der Waals surface area contributed by atoms with Crippen LogP contribution >= 0.6 is 0 Å². The Morgan fingerprint density at radius 2 is 1.62 bits per heavy atom. The third-order valence-corrected chi connectivity index (χ3v) is 3.89. The van der Waals surface area contributed by atoms with E-state index < -0.39 is 29.4 Å². The summed E-state index contributed by atoms with van der Waals surface area (Å²) in [6.45, 7) is 11.7. The number of carboxylic acids is 1. The number of ether oxygens (including phenoxy) is 2. The number of nitrogens with one attached hydrogen (secondary N) is 1. The summed E-state index contributed by atoms with van der Waals surface area (Å²) in [6.07, 6.45) is -0.427. The smallest absolute Gasteiger partial charge is 0.410 e. The summed E-state index contributed by atoms with van der Waals surface area (Å²) in [7, 11) is 0. The van der Waals surface area contributed by atoms with E-state index in [1.54, 1.807) is 46.4 Å². The van der Waals surface area contributed by atoms with Crippen molar-refractivity contribution in [1.29, 1.82) is 0 Å². The van der Waals surface area contributed by atoms with Crippen molar-refractivity contribution in [3.63, 3.8) is 0 Å². The summed E-state index contributed by atoms with van der Waals surface area (Å²) in [5.41, 5.74) is -1.21. The largest absolute Gasteiger partial charge is 0.481 e. The summed E-state index contributed by atoms with van der Waals surface area (Å²) >= 11 is 0. The predicted octanol–water partition coefficient (Wildman–Crippen LogP) is 2.86. The van der Waals surface area contributed by atoms with Crippen LogP contribution in [0.15, 0.2) is 0 Å². The van der Waals surface area contributed by atoms with Gasteiger partial charge >= 0.3 is 18.2 Å². The molecule has 0 aliphatic carbocycles. The number of amides is 2. The first-order chi connectivity index (χ1) is 11.8. The van der Waals surface area contributed by atoms with E-state index in [-0.39, 0.29) is 24.8 Å². The Morgan fingerprint density at radius 1 is 1.04 bits per heavy atom. The SMILES string of the molecule is CC(C)(C)OC(=O)NC[C@@H]1CN(C(=O)OC(C)(C)C)CC[C@H]1CC(=O)O. The zero-order valence-electron chi connectivity index (χ0n) is 16.6. The molecule has 150 valence electrons. The maximum absolute atomic E-state index is 12.3. The van der Waals surface area contributed by atoms with E-state index in [1.165, 1.54) is 0 Å². The van der Waals surface area contributed by atoms with E-state index in [4.69, 9.17) is 14.6 Å². The molecule has 26 heavy (non-hydrogen) atoms.